The molecular formula is C18H15N5S. The number of hydrogen-bond acceptors (Lipinski definition) is 6. The Morgan fingerprint density at radius 3 is 2.62 bits per heavy atom. The molecule has 0 bridgehead atoms. The number of nitrogens with one attached hydrogen (secondary N) is 1. The first-order valence-electron chi connectivity index (χ1n) is 7.62. The summed E-state index contributed by atoms with van der Waals surface area (Å²) in [5, 5.41) is 7.54. The van der Waals surface area contributed by atoms with Crippen molar-refractivity contribution >= 4 is 28.1 Å². The zero-order chi connectivity index (χ0) is 16.4. The van der Waals surface area contributed by atoms with Gasteiger partial charge in [-0.2, -0.15) is 0 Å². The molecule has 0 aliphatic rings. The highest BCUT2D eigenvalue weighted by Gasteiger charge is 2.09. The molecule has 4 rings (SSSR count). The Balaban J connectivity index is 1.75. The van der Waals surface area contributed by atoms with E-state index in [1.165, 1.54) is 0 Å². The Labute approximate surface area is 143 Å². The lowest BCUT2D eigenvalue weighted by atomic mass is 10.2. The topological polar surface area (TPSA) is 63.6 Å². The summed E-state index contributed by atoms with van der Waals surface area (Å²) >= 11 is 1.65. The summed E-state index contributed by atoms with van der Waals surface area (Å²) in [6.07, 6.45) is 3.50. The van der Waals surface area contributed by atoms with E-state index in [9.17, 15) is 0 Å². The first kappa shape index (κ1) is 14.7. The molecule has 4 aromatic rings. The Morgan fingerprint density at radius 2 is 1.83 bits per heavy atom. The van der Waals surface area contributed by atoms with E-state index in [-0.39, 0.29) is 0 Å². The average Bonchev–Trinajstić information content (AvgIpc) is 3.05. The van der Waals surface area contributed by atoms with Crippen LogP contribution in [0.25, 0.3) is 22.3 Å². The van der Waals surface area contributed by atoms with Crippen LogP contribution in [0.5, 0.6) is 0 Å². The molecule has 0 spiro atoms. The summed E-state index contributed by atoms with van der Waals surface area (Å²) < 4.78 is 0. The standard InChI is InChI=1S/C18H15N5S/c1-12-21-14(11-24-12)10-20-18-15-4-2-3-5-16(15)22-17(23-18)13-6-8-19-9-7-13/h2-9,11H,10H2,1H3,(H,20,22,23). The number of hydrogen-bond donors (Lipinski definition) is 1. The maximum Gasteiger partial charge on any atom is 0.162 e. The van der Waals surface area contributed by atoms with Gasteiger partial charge in [0.2, 0.25) is 0 Å². The molecule has 3 aromatic heterocycles. The molecule has 6 heteroatoms. The third kappa shape index (κ3) is 2.96. The molecule has 24 heavy (non-hydrogen) atoms. The highest BCUT2D eigenvalue weighted by atomic mass is 32.1. The smallest absolute Gasteiger partial charge is 0.162 e. The van der Waals surface area contributed by atoms with Crippen molar-refractivity contribution in [3.63, 3.8) is 0 Å². The van der Waals surface area contributed by atoms with Crippen LogP contribution in [-0.2, 0) is 6.54 Å². The minimum absolute atomic E-state index is 0.640. The molecule has 0 aliphatic heterocycles. The van der Waals surface area contributed by atoms with Gasteiger partial charge in [0.15, 0.2) is 5.82 Å². The lowest BCUT2D eigenvalue weighted by Crippen LogP contribution is -2.04. The molecular weight excluding hydrogens is 318 g/mol. The van der Waals surface area contributed by atoms with Gasteiger partial charge in [-0.15, -0.1) is 11.3 Å². The van der Waals surface area contributed by atoms with Gasteiger partial charge in [0.1, 0.15) is 5.82 Å². The Bertz CT molecular complexity index is 981. The van der Waals surface area contributed by atoms with Gasteiger partial charge in [-0.1, -0.05) is 12.1 Å². The number of pyridine rings is 1. The van der Waals surface area contributed by atoms with Gasteiger partial charge in [0.25, 0.3) is 0 Å². The first-order chi connectivity index (χ1) is 11.8. The van der Waals surface area contributed by atoms with Gasteiger partial charge in [-0.3, -0.25) is 4.98 Å². The molecule has 5 nitrogen and oxygen atoms in total. The number of fused-ring (bicyclic) bond motifs is 1. The van der Waals surface area contributed by atoms with Crippen LogP contribution in [0.4, 0.5) is 5.82 Å². The second kappa shape index (κ2) is 6.33. The minimum atomic E-state index is 0.640. The van der Waals surface area contributed by atoms with Crippen LogP contribution in [0, 0.1) is 6.92 Å². The van der Waals surface area contributed by atoms with Crippen LogP contribution in [0.2, 0.25) is 0 Å². The largest absolute Gasteiger partial charge is 0.364 e. The molecule has 0 saturated heterocycles. The molecule has 0 atom stereocenters. The number of rotatable bonds is 4. The lowest BCUT2D eigenvalue weighted by molar-refractivity contribution is 1.04. The number of aryl methyl sites for hydroxylation is 1. The highest BCUT2D eigenvalue weighted by Crippen LogP contribution is 2.25. The fraction of sp³-hybridized carbons (Fsp3) is 0.111. The van der Waals surface area contributed by atoms with Crippen molar-refractivity contribution < 1.29 is 0 Å². The maximum atomic E-state index is 4.72. The second-order valence-electron chi connectivity index (χ2n) is 5.36. The molecule has 3 heterocycles. The molecule has 0 unspecified atom stereocenters. The molecule has 1 aromatic carbocycles. The van der Waals surface area contributed by atoms with Crippen molar-refractivity contribution in [2.24, 2.45) is 0 Å². The van der Waals surface area contributed by atoms with Crippen LogP contribution in [0.3, 0.4) is 0 Å². The van der Waals surface area contributed by atoms with Gasteiger partial charge < -0.3 is 5.32 Å². The fourth-order valence-corrected chi connectivity index (χ4v) is 3.12. The van der Waals surface area contributed by atoms with Gasteiger partial charge in [0, 0.05) is 28.7 Å². The number of thiazole rings is 1. The van der Waals surface area contributed by atoms with Crippen LogP contribution < -0.4 is 5.32 Å². The van der Waals surface area contributed by atoms with Crippen LogP contribution >= 0.6 is 11.3 Å². The Hall–Kier alpha value is -2.86. The Morgan fingerprint density at radius 1 is 1.00 bits per heavy atom. The molecule has 0 aliphatic carbocycles. The van der Waals surface area contributed by atoms with E-state index >= 15 is 0 Å². The van der Waals surface area contributed by atoms with Crippen molar-refractivity contribution in [1.82, 2.24) is 19.9 Å². The van der Waals surface area contributed by atoms with E-state index in [0.717, 1.165) is 33.0 Å². The van der Waals surface area contributed by atoms with Crippen LogP contribution in [-0.4, -0.2) is 19.9 Å². The third-order valence-electron chi connectivity index (χ3n) is 3.65. The summed E-state index contributed by atoms with van der Waals surface area (Å²) in [5.74, 6) is 1.51. The SMILES string of the molecule is Cc1nc(CNc2nc(-c3ccncc3)nc3ccccc23)cs1. The molecule has 118 valence electrons. The molecule has 1 N–H and O–H groups in total. The maximum absolute atomic E-state index is 4.72. The summed E-state index contributed by atoms with van der Waals surface area (Å²) in [7, 11) is 0. The number of nitrogens with zero attached hydrogens (tertiary/aromatic N) is 4. The van der Waals surface area contributed by atoms with E-state index in [1.54, 1.807) is 23.7 Å². The van der Waals surface area contributed by atoms with Crippen LogP contribution in [0.1, 0.15) is 10.7 Å². The number of anilines is 1. The summed E-state index contributed by atoms with van der Waals surface area (Å²) in [5.41, 5.74) is 2.88. The summed E-state index contributed by atoms with van der Waals surface area (Å²) in [6.45, 7) is 2.65. The monoisotopic (exact) mass is 333 g/mol. The average molecular weight is 333 g/mol. The van der Waals surface area contributed by atoms with Gasteiger partial charge in [0.05, 0.1) is 22.8 Å². The van der Waals surface area contributed by atoms with Gasteiger partial charge in [-0.25, -0.2) is 15.0 Å². The van der Waals surface area contributed by atoms with Crippen molar-refractivity contribution in [2.45, 2.75) is 13.5 Å². The molecule has 0 fully saturated rings. The quantitative estimate of drug-likeness (QED) is 0.610. The normalized spacial score (nSPS) is 10.9. The summed E-state index contributed by atoms with van der Waals surface area (Å²) in [4.78, 5) is 17.9. The lowest BCUT2D eigenvalue weighted by Gasteiger charge is -2.10. The molecule has 0 saturated carbocycles. The third-order valence-corrected chi connectivity index (χ3v) is 4.47. The first-order valence-corrected chi connectivity index (χ1v) is 8.49. The van der Waals surface area contributed by atoms with E-state index in [1.807, 2.05) is 43.3 Å². The van der Waals surface area contributed by atoms with E-state index in [2.05, 4.69) is 25.6 Å². The van der Waals surface area contributed by atoms with E-state index in [4.69, 9.17) is 4.98 Å². The van der Waals surface area contributed by atoms with Crippen molar-refractivity contribution in [2.75, 3.05) is 5.32 Å². The fourth-order valence-electron chi connectivity index (χ4n) is 2.51. The molecule has 0 radical (unpaired) electrons. The highest BCUT2D eigenvalue weighted by molar-refractivity contribution is 7.09. The number of para-hydroxylation sites is 1. The zero-order valence-electron chi connectivity index (χ0n) is 13.1. The van der Waals surface area contributed by atoms with E-state index < -0.39 is 0 Å². The van der Waals surface area contributed by atoms with Crippen LogP contribution in [0.15, 0.2) is 54.2 Å². The Kier molecular flexibility index (Phi) is 3.88. The van der Waals surface area contributed by atoms with Crippen molar-refractivity contribution in [3.8, 4) is 11.4 Å². The predicted octanol–water partition coefficient (Wildman–Crippen LogP) is 4.07. The van der Waals surface area contributed by atoms with Crippen molar-refractivity contribution in [1.29, 1.82) is 0 Å². The predicted molar refractivity (Wildman–Crippen MR) is 96.9 cm³/mol. The summed E-state index contributed by atoms with van der Waals surface area (Å²) in [6, 6.07) is 11.8. The van der Waals surface area contributed by atoms with Gasteiger partial charge in [-0.05, 0) is 31.2 Å². The van der Waals surface area contributed by atoms with Crippen molar-refractivity contribution in [3.05, 3.63) is 64.9 Å². The zero-order valence-corrected chi connectivity index (χ0v) is 13.9. The number of aromatic nitrogens is 4. The van der Waals surface area contributed by atoms with Gasteiger partial charge >= 0.3 is 0 Å². The molecule has 0 amide bonds. The second-order valence-corrected chi connectivity index (χ2v) is 6.42. The number of benzene rings is 1. The van der Waals surface area contributed by atoms with E-state index in [0.29, 0.717) is 12.4 Å². The minimum Gasteiger partial charge on any atom is -0.364 e.